The number of amides is 1. The maximum absolute atomic E-state index is 12.3. The lowest BCUT2D eigenvalue weighted by atomic mass is 10.1. The van der Waals surface area contributed by atoms with E-state index in [1.165, 1.54) is 0 Å². The first-order valence-corrected chi connectivity index (χ1v) is 6.94. The van der Waals surface area contributed by atoms with Crippen molar-refractivity contribution in [1.29, 1.82) is 0 Å². The SMILES string of the molecule is CCN(C)c1cccc(NC(=O)c2cccc(C)c2O)c1. The van der Waals surface area contributed by atoms with Crippen molar-refractivity contribution >= 4 is 17.3 Å². The first-order chi connectivity index (χ1) is 10.0. The molecule has 0 saturated carbocycles. The van der Waals surface area contributed by atoms with E-state index >= 15 is 0 Å². The number of hydrogen-bond acceptors (Lipinski definition) is 3. The van der Waals surface area contributed by atoms with Crippen LogP contribution in [-0.2, 0) is 0 Å². The molecule has 0 heterocycles. The van der Waals surface area contributed by atoms with Crippen LogP contribution in [0, 0.1) is 6.92 Å². The van der Waals surface area contributed by atoms with Gasteiger partial charge in [-0.2, -0.15) is 0 Å². The molecule has 2 N–H and O–H groups in total. The van der Waals surface area contributed by atoms with Crippen LogP contribution in [0.15, 0.2) is 42.5 Å². The van der Waals surface area contributed by atoms with Gasteiger partial charge in [0.05, 0.1) is 5.56 Å². The molecule has 0 bridgehead atoms. The van der Waals surface area contributed by atoms with Gasteiger partial charge in [0.2, 0.25) is 0 Å². The number of aromatic hydroxyl groups is 1. The molecule has 2 aromatic rings. The lowest BCUT2D eigenvalue weighted by molar-refractivity contribution is 0.102. The number of hydrogen-bond donors (Lipinski definition) is 2. The molecule has 0 unspecified atom stereocenters. The molecule has 2 rings (SSSR count). The maximum atomic E-state index is 12.3. The first-order valence-electron chi connectivity index (χ1n) is 6.94. The van der Waals surface area contributed by atoms with Crippen molar-refractivity contribution in [2.75, 3.05) is 23.8 Å². The Labute approximate surface area is 125 Å². The van der Waals surface area contributed by atoms with Crippen molar-refractivity contribution < 1.29 is 9.90 Å². The lowest BCUT2D eigenvalue weighted by Crippen LogP contribution is -2.17. The standard InChI is InChI=1S/C17H20N2O2/c1-4-19(3)14-9-6-8-13(11-14)18-17(21)15-10-5-7-12(2)16(15)20/h5-11,20H,4H2,1-3H3,(H,18,21). The minimum atomic E-state index is -0.312. The molecule has 0 fully saturated rings. The van der Waals surface area contributed by atoms with Crippen LogP contribution in [0.2, 0.25) is 0 Å². The monoisotopic (exact) mass is 284 g/mol. The van der Waals surface area contributed by atoms with Crippen molar-refractivity contribution in [2.45, 2.75) is 13.8 Å². The van der Waals surface area contributed by atoms with E-state index in [9.17, 15) is 9.90 Å². The largest absolute Gasteiger partial charge is 0.507 e. The van der Waals surface area contributed by atoms with Crippen LogP contribution in [0.3, 0.4) is 0 Å². The number of nitrogens with one attached hydrogen (secondary N) is 1. The Morgan fingerprint density at radius 2 is 1.95 bits per heavy atom. The molecule has 4 nitrogen and oxygen atoms in total. The van der Waals surface area contributed by atoms with Crippen LogP contribution in [0.4, 0.5) is 11.4 Å². The van der Waals surface area contributed by atoms with E-state index in [2.05, 4.69) is 17.1 Å². The highest BCUT2D eigenvalue weighted by Crippen LogP contribution is 2.24. The molecule has 0 aliphatic rings. The normalized spacial score (nSPS) is 10.2. The molecule has 110 valence electrons. The average molecular weight is 284 g/mol. The third kappa shape index (κ3) is 3.34. The Bertz CT molecular complexity index is 653. The highest BCUT2D eigenvalue weighted by atomic mass is 16.3. The summed E-state index contributed by atoms with van der Waals surface area (Å²) < 4.78 is 0. The number of rotatable bonds is 4. The summed E-state index contributed by atoms with van der Waals surface area (Å²) in [5.74, 6) is -0.288. The predicted molar refractivity (Wildman–Crippen MR) is 86.2 cm³/mol. The molecule has 0 spiro atoms. The van der Waals surface area contributed by atoms with Gasteiger partial charge in [0, 0.05) is 25.0 Å². The van der Waals surface area contributed by atoms with Gasteiger partial charge in [-0.25, -0.2) is 0 Å². The number of anilines is 2. The van der Waals surface area contributed by atoms with Gasteiger partial charge in [0.1, 0.15) is 5.75 Å². The summed E-state index contributed by atoms with van der Waals surface area (Å²) in [5, 5.41) is 12.8. The second kappa shape index (κ2) is 6.31. The van der Waals surface area contributed by atoms with Gasteiger partial charge < -0.3 is 15.3 Å². The molecule has 0 aliphatic carbocycles. The van der Waals surface area contributed by atoms with Crippen LogP contribution in [0.25, 0.3) is 0 Å². The van der Waals surface area contributed by atoms with Gasteiger partial charge in [0.25, 0.3) is 5.91 Å². The average Bonchev–Trinajstić information content (AvgIpc) is 2.49. The fraction of sp³-hybridized carbons (Fsp3) is 0.235. The third-order valence-electron chi connectivity index (χ3n) is 3.50. The molecule has 0 aromatic heterocycles. The summed E-state index contributed by atoms with van der Waals surface area (Å²) in [4.78, 5) is 14.3. The van der Waals surface area contributed by atoms with Crippen molar-refractivity contribution in [3.8, 4) is 5.75 Å². The summed E-state index contributed by atoms with van der Waals surface area (Å²) >= 11 is 0. The highest BCUT2D eigenvalue weighted by molar-refractivity contribution is 6.06. The Balaban J connectivity index is 2.22. The second-order valence-corrected chi connectivity index (χ2v) is 4.99. The van der Waals surface area contributed by atoms with E-state index in [1.54, 1.807) is 25.1 Å². The Kier molecular flexibility index (Phi) is 4.48. The zero-order valence-electron chi connectivity index (χ0n) is 12.6. The van der Waals surface area contributed by atoms with Gasteiger partial charge >= 0.3 is 0 Å². The number of aryl methyl sites for hydroxylation is 1. The summed E-state index contributed by atoms with van der Waals surface area (Å²) in [6.45, 7) is 4.72. The molecule has 2 aromatic carbocycles. The molecule has 0 atom stereocenters. The second-order valence-electron chi connectivity index (χ2n) is 4.99. The number of benzene rings is 2. The zero-order chi connectivity index (χ0) is 15.4. The van der Waals surface area contributed by atoms with E-state index in [0.29, 0.717) is 11.3 Å². The number of phenolic OH excluding ortho intramolecular Hbond substituents is 1. The quantitative estimate of drug-likeness (QED) is 0.904. The molecular formula is C17H20N2O2. The number of phenols is 1. The van der Waals surface area contributed by atoms with Crippen LogP contribution in [0.5, 0.6) is 5.75 Å². The van der Waals surface area contributed by atoms with Crippen LogP contribution in [-0.4, -0.2) is 24.6 Å². The fourth-order valence-corrected chi connectivity index (χ4v) is 2.04. The Hall–Kier alpha value is -2.49. The minimum absolute atomic E-state index is 0.0248. The third-order valence-corrected chi connectivity index (χ3v) is 3.50. The number of carbonyl (C=O) groups is 1. The van der Waals surface area contributed by atoms with Crippen molar-refractivity contribution in [2.24, 2.45) is 0 Å². The summed E-state index contributed by atoms with van der Waals surface area (Å²) in [6.07, 6.45) is 0. The first kappa shape index (κ1) is 14.9. The van der Waals surface area contributed by atoms with Crippen LogP contribution < -0.4 is 10.2 Å². The van der Waals surface area contributed by atoms with E-state index in [1.807, 2.05) is 31.3 Å². The Morgan fingerprint density at radius 1 is 1.24 bits per heavy atom. The van der Waals surface area contributed by atoms with Gasteiger partial charge in [0.15, 0.2) is 0 Å². The topological polar surface area (TPSA) is 52.6 Å². The number of carbonyl (C=O) groups excluding carboxylic acids is 1. The van der Waals surface area contributed by atoms with E-state index in [4.69, 9.17) is 0 Å². The van der Waals surface area contributed by atoms with E-state index < -0.39 is 0 Å². The highest BCUT2D eigenvalue weighted by Gasteiger charge is 2.13. The minimum Gasteiger partial charge on any atom is -0.507 e. The molecule has 4 heteroatoms. The summed E-state index contributed by atoms with van der Waals surface area (Å²) in [7, 11) is 1.99. The van der Waals surface area contributed by atoms with E-state index in [0.717, 1.165) is 12.2 Å². The summed E-state index contributed by atoms with van der Waals surface area (Å²) in [5.41, 5.74) is 2.70. The number of para-hydroxylation sites is 1. The van der Waals surface area contributed by atoms with Crippen molar-refractivity contribution in [3.05, 3.63) is 53.6 Å². The molecule has 0 saturated heterocycles. The smallest absolute Gasteiger partial charge is 0.259 e. The van der Waals surface area contributed by atoms with Gasteiger partial charge in [-0.1, -0.05) is 18.2 Å². The maximum Gasteiger partial charge on any atom is 0.259 e. The van der Waals surface area contributed by atoms with Crippen LogP contribution >= 0.6 is 0 Å². The summed E-state index contributed by atoms with van der Waals surface area (Å²) in [6, 6.07) is 12.8. The zero-order valence-corrected chi connectivity index (χ0v) is 12.6. The lowest BCUT2D eigenvalue weighted by Gasteiger charge is -2.17. The Morgan fingerprint density at radius 3 is 2.67 bits per heavy atom. The predicted octanol–water partition coefficient (Wildman–Crippen LogP) is 3.41. The van der Waals surface area contributed by atoms with Crippen molar-refractivity contribution in [1.82, 2.24) is 0 Å². The molecular weight excluding hydrogens is 264 g/mol. The molecule has 1 amide bonds. The van der Waals surface area contributed by atoms with Gasteiger partial charge in [-0.05, 0) is 43.7 Å². The fourth-order valence-electron chi connectivity index (χ4n) is 2.04. The van der Waals surface area contributed by atoms with Crippen molar-refractivity contribution in [3.63, 3.8) is 0 Å². The number of nitrogens with zero attached hydrogens (tertiary/aromatic N) is 1. The van der Waals surface area contributed by atoms with Crippen LogP contribution in [0.1, 0.15) is 22.8 Å². The van der Waals surface area contributed by atoms with E-state index in [-0.39, 0.29) is 17.2 Å². The molecule has 0 aliphatic heterocycles. The molecule has 21 heavy (non-hydrogen) atoms. The van der Waals surface area contributed by atoms with Gasteiger partial charge in [-0.3, -0.25) is 4.79 Å². The molecule has 0 radical (unpaired) electrons. The van der Waals surface area contributed by atoms with Gasteiger partial charge in [-0.15, -0.1) is 0 Å².